The van der Waals surface area contributed by atoms with E-state index in [0.717, 1.165) is 11.1 Å². The number of thiophene rings is 1. The molecule has 0 atom stereocenters. The number of nitrogens with zero attached hydrogens (tertiary/aromatic N) is 2. The van der Waals surface area contributed by atoms with E-state index in [-0.39, 0.29) is 0 Å². The first-order valence-corrected chi connectivity index (χ1v) is 18.8. The molecule has 3 heterocycles. The minimum Gasteiger partial charge on any atom is -0.264 e. The summed E-state index contributed by atoms with van der Waals surface area (Å²) in [6, 6.07) is 57.7. The van der Waals surface area contributed by atoms with Gasteiger partial charge in [0.2, 0.25) is 0 Å². The Labute approximate surface area is 310 Å². The van der Waals surface area contributed by atoms with Crippen molar-refractivity contribution in [1.29, 1.82) is 0 Å². The van der Waals surface area contributed by atoms with E-state index in [9.17, 15) is 0 Å². The second-order valence-electron chi connectivity index (χ2n) is 13.7. The number of benzene rings is 8. The first kappa shape index (κ1) is 30.0. The first-order chi connectivity index (χ1) is 26.3. The van der Waals surface area contributed by atoms with E-state index in [1.807, 2.05) is 48.3 Å². The van der Waals surface area contributed by atoms with Gasteiger partial charge in [-0.2, -0.15) is 0 Å². The average molecular weight is 691 g/mol. The van der Waals surface area contributed by atoms with E-state index >= 15 is 0 Å². The third kappa shape index (κ3) is 4.58. The van der Waals surface area contributed by atoms with Crippen LogP contribution in [0.2, 0.25) is 0 Å². The molecule has 2 nitrogen and oxygen atoms in total. The van der Waals surface area contributed by atoms with Crippen molar-refractivity contribution < 1.29 is 0 Å². The Morgan fingerprint density at radius 2 is 0.755 bits per heavy atom. The Bertz CT molecular complexity index is 3100. The summed E-state index contributed by atoms with van der Waals surface area (Å²) in [5.74, 6) is 0. The van der Waals surface area contributed by atoms with Gasteiger partial charge in [0.1, 0.15) is 0 Å². The van der Waals surface area contributed by atoms with Gasteiger partial charge in [0.05, 0.1) is 0 Å². The number of hydrogen-bond acceptors (Lipinski definition) is 3. The van der Waals surface area contributed by atoms with Crippen LogP contribution in [0.25, 0.3) is 108 Å². The Morgan fingerprint density at radius 1 is 0.321 bits per heavy atom. The molecule has 0 amide bonds. The Kier molecular flexibility index (Phi) is 6.76. The lowest BCUT2D eigenvalue weighted by atomic mass is 9.86. The Morgan fingerprint density at radius 3 is 1.21 bits per heavy atom. The van der Waals surface area contributed by atoms with E-state index < -0.39 is 0 Å². The fourth-order valence-corrected chi connectivity index (χ4v) is 9.91. The summed E-state index contributed by atoms with van der Waals surface area (Å²) in [5.41, 5.74) is 9.78. The van der Waals surface area contributed by atoms with E-state index in [1.165, 1.54) is 96.6 Å². The summed E-state index contributed by atoms with van der Waals surface area (Å²) in [7, 11) is 0. The van der Waals surface area contributed by atoms with E-state index in [4.69, 9.17) is 0 Å². The van der Waals surface area contributed by atoms with Gasteiger partial charge in [-0.05, 0) is 89.1 Å². The summed E-state index contributed by atoms with van der Waals surface area (Å²) in [6.07, 6.45) is 7.65. The molecule has 0 unspecified atom stereocenters. The largest absolute Gasteiger partial charge is 0.264 e. The lowest BCUT2D eigenvalue weighted by Gasteiger charge is -2.17. The fraction of sp³-hybridized carbons (Fsp3) is 0. The number of rotatable bonds is 4. The molecule has 0 bridgehead atoms. The van der Waals surface area contributed by atoms with Crippen LogP contribution in [0.5, 0.6) is 0 Å². The summed E-state index contributed by atoms with van der Waals surface area (Å²) in [4.78, 5) is 8.99. The minimum absolute atomic E-state index is 1.13. The second-order valence-corrected chi connectivity index (χ2v) is 14.7. The summed E-state index contributed by atoms with van der Waals surface area (Å²) >= 11 is 1.90. The maximum Gasteiger partial charge on any atom is 0.0434 e. The van der Waals surface area contributed by atoms with Gasteiger partial charge < -0.3 is 0 Å². The van der Waals surface area contributed by atoms with Gasteiger partial charge in [0, 0.05) is 61.7 Å². The van der Waals surface area contributed by atoms with E-state index in [1.54, 1.807) is 0 Å². The maximum absolute atomic E-state index is 4.50. The van der Waals surface area contributed by atoms with E-state index in [2.05, 4.69) is 156 Å². The molecule has 0 spiro atoms. The number of pyridine rings is 2. The smallest absolute Gasteiger partial charge is 0.0434 e. The predicted molar refractivity (Wildman–Crippen MR) is 227 cm³/mol. The molecule has 8 aromatic carbocycles. The van der Waals surface area contributed by atoms with Gasteiger partial charge >= 0.3 is 0 Å². The van der Waals surface area contributed by atoms with Crippen LogP contribution in [0, 0.1) is 0 Å². The SMILES string of the molecule is c1cncc(-c2c3ccccc3c(-c3ccc4c(c3)sc3c(-c5c6ccccc6c(-c6cccnc6)c6ccccc56)cccc34)c3ccccc23)c1. The fourth-order valence-electron chi connectivity index (χ4n) is 8.65. The molecule has 0 saturated heterocycles. The normalized spacial score (nSPS) is 11.8. The van der Waals surface area contributed by atoms with Crippen molar-refractivity contribution in [3.63, 3.8) is 0 Å². The van der Waals surface area contributed by atoms with Crippen molar-refractivity contribution in [2.24, 2.45) is 0 Å². The molecule has 0 saturated carbocycles. The zero-order valence-corrected chi connectivity index (χ0v) is 29.4. The topological polar surface area (TPSA) is 25.8 Å². The second kappa shape index (κ2) is 11.9. The summed E-state index contributed by atoms with van der Waals surface area (Å²) in [5, 5.41) is 12.5. The molecule has 0 radical (unpaired) electrons. The Hall–Kier alpha value is -6.68. The maximum atomic E-state index is 4.50. The molecular formula is C50H30N2S. The highest BCUT2D eigenvalue weighted by molar-refractivity contribution is 7.26. The number of hydrogen-bond donors (Lipinski definition) is 0. The van der Waals surface area contributed by atoms with Gasteiger partial charge in [-0.3, -0.25) is 9.97 Å². The molecule has 0 N–H and O–H groups in total. The van der Waals surface area contributed by atoms with Crippen LogP contribution in [-0.4, -0.2) is 9.97 Å². The van der Waals surface area contributed by atoms with Crippen LogP contribution in [0.15, 0.2) is 183 Å². The highest BCUT2D eigenvalue weighted by Gasteiger charge is 2.21. The van der Waals surface area contributed by atoms with Gasteiger partial charge in [0.25, 0.3) is 0 Å². The molecular weight excluding hydrogens is 661 g/mol. The zero-order chi connectivity index (χ0) is 34.9. The third-order valence-electron chi connectivity index (χ3n) is 10.8. The zero-order valence-electron chi connectivity index (χ0n) is 28.6. The van der Waals surface area contributed by atoms with Crippen molar-refractivity contribution in [2.45, 2.75) is 0 Å². The van der Waals surface area contributed by atoms with Crippen LogP contribution >= 0.6 is 11.3 Å². The van der Waals surface area contributed by atoms with Crippen molar-refractivity contribution in [3.8, 4) is 44.5 Å². The van der Waals surface area contributed by atoms with Gasteiger partial charge in [-0.25, -0.2) is 0 Å². The quantitative estimate of drug-likeness (QED) is 0.172. The number of aromatic nitrogens is 2. The number of fused-ring (bicyclic) bond motifs is 7. The van der Waals surface area contributed by atoms with Crippen molar-refractivity contribution >= 4 is 74.6 Å². The molecule has 3 heteroatoms. The molecule has 0 aliphatic heterocycles. The monoisotopic (exact) mass is 690 g/mol. The molecule has 11 rings (SSSR count). The lowest BCUT2D eigenvalue weighted by Crippen LogP contribution is -1.91. The van der Waals surface area contributed by atoms with Gasteiger partial charge in [-0.15, -0.1) is 11.3 Å². The molecule has 0 fully saturated rings. The average Bonchev–Trinajstić information content (AvgIpc) is 3.61. The summed E-state index contributed by atoms with van der Waals surface area (Å²) < 4.78 is 2.60. The molecule has 11 aromatic rings. The Balaban J connectivity index is 1.18. The molecule has 246 valence electrons. The minimum atomic E-state index is 1.13. The van der Waals surface area contributed by atoms with Crippen LogP contribution in [0.3, 0.4) is 0 Å². The highest BCUT2D eigenvalue weighted by atomic mass is 32.1. The molecule has 0 aliphatic rings. The van der Waals surface area contributed by atoms with Crippen molar-refractivity contribution in [3.05, 3.63) is 183 Å². The van der Waals surface area contributed by atoms with Crippen molar-refractivity contribution in [2.75, 3.05) is 0 Å². The molecule has 53 heavy (non-hydrogen) atoms. The van der Waals surface area contributed by atoms with Crippen LogP contribution in [0.4, 0.5) is 0 Å². The molecule has 0 aliphatic carbocycles. The van der Waals surface area contributed by atoms with Gasteiger partial charge in [-0.1, -0.05) is 140 Å². The summed E-state index contributed by atoms with van der Waals surface area (Å²) in [6.45, 7) is 0. The van der Waals surface area contributed by atoms with Crippen LogP contribution in [-0.2, 0) is 0 Å². The van der Waals surface area contributed by atoms with Crippen LogP contribution < -0.4 is 0 Å². The predicted octanol–water partition coefficient (Wildman–Crippen LogP) is 14.1. The molecule has 3 aromatic heterocycles. The van der Waals surface area contributed by atoms with E-state index in [0.29, 0.717) is 0 Å². The standard InChI is InChI=1S/C50H30N2S/c1-3-16-37-35(14-1)46(36-15-2-4-17-38(36)47(37)32-12-10-26-51-29-32)31-24-25-34-43-22-9-23-44(50(43)53-45(34)28-31)49-41-20-7-5-18-39(41)48(33-13-11-27-52-30-33)40-19-6-8-21-42(40)49/h1-30H. The highest BCUT2D eigenvalue weighted by Crippen LogP contribution is 2.49. The lowest BCUT2D eigenvalue weighted by molar-refractivity contribution is 1.33. The van der Waals surface area contributed by atoms with Crippen molar-refractivity contribution in [1.82, 2.24) is 9.97 Å². The third-order valence-corrected chi connectivity index (χ3v) is 12.0. The first-order valence-electron chi connectivity index (χ1n) is 18.0. The van der Waals surface area contributed by atoms with Gasteiger partial charge in [0.15, 0.2) is 0 Å². The van der Waals surface area contributed by atoms with Crippen LogP contribution in [0.1, 0.15) is 0 Å².